The summed E-state index contributed by atoms with van der Waals surface area (Å²) in [5.41, 5.74) is 0.286. The molecule has 0 saturated heterocycles. The average molecular weight is 212 g/mol. The molecule has 0 N–H and O–H groups in total. The first-order valence-corrected chi connectivity index (χ1v) is 6.02. The summed E-state index contributed by atoms with van der Waals surface area (Å²) in [5, 5.41) is 0. The SMILES string of the molecule is CCOCCc1ccc(C(C)(C)C)s1. The summed E-state index contributed by atoms with van der Waals surface area (Å²) in [7, 11) is 0. The van der Waals surface area contributed by atoms with Gasteiger partial charge in [-0.2, -0.15) is 0 Å². The standard InChI is InChI=1S/C12H20OS/c1-5-13-9-8-10-6-7-11(14-10)12(2,3)4/h6-7H,5,8-9H2,1-4H3. The fourth-order valence-electron chi connectivity index (χ4n) is 1.23. The Morgan fingerprint density at radius 1 is 1.29 bits per heavy atom. The van der Waals surface area contributed by atoms with Gasteiger partial charge in [0.1, 0.15) is 0 Å². The predicted molar refractivity (Wildman–Crippen MR) is 63.2 cm³/mol. The normalized spacial score (nSPS) is 12.0. The minimum atomic E-state index is 0.286. The molecule has 0 bridgehead atoms. The number of rotatable bonds is 4. The molecule has 1 aromatic rings. The lowest BCUT2D eigenvalue weighted by Gasteiger charge is -2.15. The first-order valence-electron chi connectivity index (χ1n) is 5.21. The molecule has 0 amide bonds. The second kappa shape index (κ2) is 4.94. The molecule has 0 spiro atoms. The number of hydrogen-bond donors (Lipinski definition) is 0. The molecule has 80 valence electrons. The Morgan fingerprint density at radius 3 is 2.50 bits per heavy atom. The second-order valence-electron chi connectivity index (χ2n) is 4.46. The van der Waals surface area contributed by atoms with Gasteiger partial charge in [0.2, 0.25) is 0 Å². The van der Waals surface area contributed by atoms with E-state index in [9.17, 15) is 0 Å². The Labute approximate surface area is 91.1 Å². The lowest BCUT2D eigenvalue weighted by atomic mass is 9.95. The van der Waals surface area contributed by atoms with Crippen molar-refractivity contribution in [3.63, 3.8) is 0 Å². The third-order valence-electron chi connectivity index (χ3n) is 2.10. The summed E-state index contributed by atoms with van der Waals surface area (Å²) in [6.07, 6.45) is 1.05. The smallest absolute Gasteiger partial charge is 0.0514 e. The zero-order chi connectivity index (χ0) is 10.6. The summed E-state index contributed by atoms with van der Waals surface area (Å²) in [6, 6.07) is 4.47. The fraction of sp³-hybridized carbons (Fsp3) is 0.667. The molecular formula is C12H20OS. The van der Waals surface area contributed by atoms with E-state index in [1.807, 2.05) is 18.3 Å². The fourth-order valence-corrected chi connectivity index (χ4v) is 2.28. The van der Waals surface area contributed by atoms with Crippen LogP contribution >= 0.6 is 11.3 Å². The van der Waals surface area contributed by atoms with Gasteiger partial charge in [-0.05, 0) is 24.5 Å². The van der Waals surface area contributed by atoms with Crippen LogP contribution in [0.15, 0.2) is 12.1 Å². The van der Waals surface area contributed by atoms with Crippen LogP contribution < -0.4 is 0 Å². The highest BCUT2D eigenvalue weighted by Crippen LogP contribution is 2.29. The van der Waals surface area contributed by atoms with E-state index in [-0.39, 0.29) is 5.41 Å². The second-order valence-corrected chi connectivity index (χ2v) is 5.63. The van der Waals surface area contributed by atoms with Gasteiger partial charge >= 0.3 is 0 Å². The van der Waals surface area contributed by atoms with Gasteiger partial charge in [0.15, 0.2) is 0 Å². The van der Waals surface area contributed by atoms with Gasteiger partial charge in [0.25, 0.3) is 0 Å². The van der Waals surface area contributed by atoms with Crippen LogP contribution in [0.25, 0.3) is 0 Å². The van der Waals surface area contributed by atoms with Crippen LogP contribution in [0.1, 0.15) is 37.4 Å². The maximum absolute atomic E-state index is 5.34. The monoisotopic (exact) mass is 212 g/mol. The molecule has 0 fully saturated rings. The van der Waals surface area contributed by atoms with E-state index in [1.165, 1.54) is 9.75 Å². The molecule has 0 atom stereocenters. The van der Waals surface area contributed by atoms with Crippen molar-refractivity contribution in [1.82, 2.24) is 0 Å². The van der Waals surface area contributed by atoms with Crippen LogP contribution in [-0.2, 0) is 16.6 Å². The van der Waals surface area contributed by atoms with Crippen LogP contribution in [0.2, 0.25) is 0 Å². The van der Waals surface area contributed by atoms with E-state index in [4.69, 9.17) is 4.74 Å². The average Bonchev–Trinajstić information content (AvgIpc) is 2.52. The van der Waals surface area contributed by atoms with Gasteiger partial charge in [-0.3, -0.25) is 0 Å². The van der Waals surface area contributed by atoms with Gasteiger partial charge in [0, 0.05) is 22.8 Å². The van der Waals surface area contributed by atoms with Crippen molar-refractivity contribution in [1.29, 1.82) is 0 Å². The number of ether oxygens (including phenoxy) is 1. The topological polar surface area (TPSA) is 9.23 Å². The van der Waals surface area contributed by atoms with Crippen molar-refractivity contribution < 1.29 is 4.74 Å². The summed E-state index contributed by atoms with van der Waals surface area (Å²) in [5.74, 6) is 0. The van der Waals surface area contributed by atoms with E-state index in [1.54, 1.807) is 0 Å². The summed E-state index contributed by atoms with van der Waals surface area (Å²) >= 11 is 1.91. The molecule has 0 saturated carbocycles. The Morgan fingerprint density at radius 2 is 2.00 bits per heavy atom. The maximum atomic E-state index is 5.34. The van der Waals surface area contributed by atoms with Gasteiger partial charge in [-0.15, -0.1) is 11.3 Å². The third kappa shape index (κ3) is 3.43. The molecule has 0 radical (unpaired) electrons. The van der Waals surface area contributed by atoms with Crippen molar-refractivity contribution in [2.45, 2.75) is 39.5 Å². The van der Waals surface area contributed by atoms with E-state index in [0.29, 0.717) is 0 Å². The van der Waals surface area contributed by atoms with Crippen LogP contribution in [0, 0.1) is 0 Å². The summed E-state index contributed by atoms with van der Waals surface area (Å²) < 4.78 is 5.34. The van der Waals surface area contributed by atoms with E-state index in [2.05, 4.69) is 32.9 Å². The maximum Gasteiger partial charge on any atom is 0.0514 e. The molecule has 1 aromatic heterocycles. The minimum Gasteiger partial charge on any atom is -0.381 e. The van der Waals surface area contributed by atoms with Crippen LogP contribution in [0.3, 0.4) is 0 Å². The molecule has 0 aliphatic carbocycles. The highest BCUT2D eigenvalue weighted by molar-refractivity contribution is 7.12. The predicted octanol–water partition coefficient (Wildman–Crippen LogP) is 3.62. The highest BCUT2D eigenvalue weighted by Gasteiger charge is 2.15. The Bertz CT molecular complexity index is 270. The van der Waals surface area contributed by atoms with Crippen LogP contribution in [-0.4, -0.2) is 13.2 Å². The largest absolute Gasteiger partial charge is 0.381 e. The highest BCUT2D eigenvalue weighted by atomic mass is 32.1. The molecular weight excluding hydrogens is 192 g/mol. The molecule has 0 aromatic carbocycles. The molecule has 0 aliphatic heterocycles. The number of hydrogen-bond acceptors (Lipinski definition) is 2. The molecule has 1 nitrogen and oxygen atoms in total. The molecule has 0 aliphatic rings. The van der Waals surface area contributed by atoms with E-state index in [0.717, 1.165) is 19.6 Å². The van der Waals surface area contributed by atoms with Gasteiger partial charge in [-0.25, -0.2) is 0 Å². The van der Waals surface area contributed by atoms with Crippen molar-refractivity contribution in [3.8, 4) is 0 Å². The zero-order valence-electron chi connectivity index (χ0n) is 9.59. The summed E-state index contributed by atoms with van der Waals surface area (Å²) in [4.78, 5) is 2.90. The van der Waals surface area contributed by atoms with Gasteiger partial charge < -0.3 is 4.74 Å². The van der Waals surface area contributed by atoms with E-state index < -0.39 is 0 Å². The molecule has 2 heteroatoms. The van der Waals surface area contributed by atoms with Gasteiger partial charge in [-0.1, -0.05) is 20.8 Å². The Hall–Kier alpha value is -0.340. The van der Waals surface area contributed by atoms with Gasteiger partial charge in [0.05, 0.1) is 6.61 Å². The zero-order valence-corrected chi connectivity index (χ0v) is 10.4. The van der Waals surface area contributed by atoms with E-state index >= 15 is 0 Å². The first kappa shape index (κ1) is 11.7. The lowest BCUT2D eigenvalue weighted by Crippen LogP contribution is -2.07. The molecule has 1 rings (SSSR count). The van der Waals surface area contributed by atoms with Crippen molar-refractivity contribution in [3.05, 3.63) is 21.9 Å². The number of thiophene rings is 1. The van der Waals surface area contributed by atoms with Crippen LogP contribution in [0.5, 0.6) is 0 Å². The Kier molecular flexibility index (Phi) is 4.14. The Balaban J connectivity index is 2.51. The van der Waals surface area contributed by atoms with Crippen LogP contribution in [0.4, 0.5) is 0 Å². The minimum absolute atomic E-state index is 0.286. The van der Waals surface area contributed by atoms with Crippen molar-refractivity contribution in [2.24, 2.45) is 0 Å². The quantitative estimate of drug-likeness (QED) is 0.693. The van der Waals surface area contributed by atoms with Crippen molar-refractivity contribution >= 4 is 11.3 Å². The first-order chi connectivity index (χ1) is 6.54. The lowest BCUT2D eigenvalue weighted by molar-refractivity contribution is 0.151. The molecule has 0 unspecified atom stereocenters. The molecule has 1 heterocycles. The van der Waals surface area contributed by atoms with Crippen molar-refractivity contribution in [2.75, 3.05) is 13.2 Å². The summed E-state index contributed by atoms with van der Waals surface area (Å²) in [6.45, 7) is 10.5. The third-order valence-corrected chi connectivity index (χ3v) is 3.67. The molecule has 14 heavy (non-hydrogen) atoms.